The number of nitrogens with zero attached hydrogens (tertiary/aromatic N) is 3. The molecule has 1 aromatic carbocycles. The third-order valence-electron chi connectivity index (χ3n) is 3.87. The molecule has 4 nitrogen and oxygen atoms in total. The largest absolute Gasteiger partial charge is 0.496 e. The number of methoxy groups -OCH3 is 1. The predicted octanol–water partition coefficient (Wildman–Crippen LogP) is 3.90. The Morgan fingerprint density at radius 2 is 2.04 bits per heavy atom. The van der Waals surface area contributed by atoms with Gasteiger partial charge in [0.1, 0.15) is 17.4 Å². The van der Waals surface area contributed by atoms with Crippen LogP contribution in [-0.2, 0) is 13.5 Å². The molecule has 0 spiro atoms. The highest BCUT2D eigenvalue weighted by atomic mass is 32.1. The number of aryl methyl sites for hydroxylation is 2. The lowest BCUT2D eigenvalue weighted by Crippen LogP contribution is -1.97. The molecule has 2 aromatic heterocycles. The molecule has 0 fully saturated rings. The van der Waals surface area contributed by atoms with Crippen LogP contribution in [0.15, 0.2) is 23.6 Å². The Hall–Kier alpha value is -2.21. The topological polar surface area (TPSA) is 39.9 Å². The Bertz CT molecular complexity index is 854. The van der Waals surface area contributed by atoms with E-state index in [-0.39, 0.29) is 5.82 Å². The minimum absolute atomic E-state index is 0.268. The standard InChI is InChI=1S/C17H18FN3OS/c1-10-17(21(3)11(2)19-10)14-9-23-16(20-14)8-12-7-13(18)5-6-15(12)22-4/h5-7,9H,8H2,1-4H3. The summed E-state index contributed by atoms with van der Waals surface area (Å²) in [6.07, 6.45) is 0.543. The van der Waals surface area contributed by atoms with E-state index >= 15 is 0 Å². The lowest BCUT2D eigenvalue weighted by Gasteiger charge is -2.06. The van der Waals surface area contributed by atoms with Gasteiger partial charge >= 0.3 is 0 Å². The summed E-state index contributed by atoms with van der Waals surface area (Å²) >= 11 is 1.56. The highest BCUT2D eigenvalue weighted by molar-refractivity contribution is 7.10. The summed E-state index contributed by atoms with van der Waals surface area (Å²) in [5, 5.41) is 2.94. The number of imidazole rings is 1. The number of rotatable bonds is 4. The molecule has 0 unspecified atom stereocenters. The molecule has 0 atom stereocenters. The molecule has 0 aliphatic rings. The van der Waals surface area contributed by atoms with E-state index in [2.05, 4.69) is 4.98 Å². The van der Waals surface area contributed by atoms with Gasteiger partial charge in [0, 0.05) is 24.4 Å². The number of thiazole rings is 1. The summed E-state index contributed by atoms with van der Waals surface area (Å²) in [5.41, 5.74) is 3.69. The third kappa shape index (κ3) is 2.99. The maximum absolute atomic E-state index is 13.5. The lowest BCUT2D eigenvalue weighted by atomic mass is 10.1. The second kappa shape index (κ2) is 6.12. The molecule has 0 amide bonds. The van der Waals surface area contributed by atoms with Gasteiger partial charge in [0.25, 0.3) is 0 Å². The summed E-state index contributed by atoms with van der Waals surface area (Å²) in [6, 6.07) is 4.55. The first-order valence-electron chi connectivity index (χ1n) is 7.26. The van der Waals surface area contributed by atoms with E-state index in [4.69, 9.17) is 9.72 Å². The number of ether oxygens (including phenoxy) is 1. The van der Waals surface area contributed by atoms with Crippen molar-refractivity contribution < 1.29 is 9.13 Å². The molecule has 23 heavy (non-hydrogen) atoms. The average Bonchev–Trinajstić information content (AvgIpc) is 3.04. The van der Waals surface area contributed by atoms with Crippen molar-refractivity contribution in [2.24, 2.45) is 7.05 Å². The Morgan fingerprint density at radius 3 is 2.70 bits per heavy atom. The Labute approximate surface area is 138 Å². The molecule has 0 aliphatic heterocycles. The highest BCUT2D eigenvalue weighted by Gasteiger charge is 2.15. The van der Waals surface area contributed by atoms with Gasteiger partial charge in [0.05, 0.1) is 29.2 Å². The Morgan fingerprint density at radius 1 is 1.26 bits per heavy atom. The van der Waals surface area contributed by atoms with Crippen molar-refractivity contribution in [3.63, 3.8) is 0 Å². The zero-order valence-corrected chi connectivity index (χ0v) is 14.4. The average molecular weight is 331 g/mol. The van der Waals surface area contributed by atoms with Crippen LogP contribution < -0.4 is 4.74 Å². The first-order valence-corrected chi connectivity index (χ1v) is 8.14. The van der Waals surface area contributed by atoms with Crippen molar-refractivity contribution >= 4 is 11.3 Å². The molecule has 0 saturated carbocycles. The van der Waals surface area contributed by atoms with E-state index in [0.29, 0.717) is 12.2 Å². The van der Waals surface area contributed by atoms with Crippen LogP contribution in [0.25, 0.3) is 11.4 Å². The fourth-order valence-electron chi connectivity index (χ4n) is 2.68. The Kier molecular flexibility index (Phi) is 4.17. The van der Waals surface area contributed by atoms with E-state index in [9.17, 15) is 4.39 Å². The first kappa shape index (κ1) is 15.7. The van der Waals surface area contributed by atoms with Crippen LogP contribution >= 0.6 is 11.3 Å². The zero-order chi connectivity index (χ0) is 16.6. The summed E-state index contributed by atoms with van der Waals surface area (Å²) in [7, 11) is 3.57. The fraction of sp³-hybridized carbons (Fsp3) is 0.294. The molecule has 0 N–H and O–H groups in total. The van der Waals surface area contributed by atoms with Gasteiger partial charge in [-0.15, -0.1) is 11.3 Å². The maximum atomic E-state index is 13.5. The smallest absolute Gasteiger partial charge is 0.123 e. The van der Waals surface area contributed by atoms with Crippen LogP contribution in [-0.4, -0.2) is 21.6 Å². The maximum Gasteiger partial charge on any atom is 0.123 e. The zero-order valence-electron chi connectivity index (χ0n) is 13.6. The van der Waals surface area contributed by atoms with Crippen molar-refractivity contribution in [1.29, 1.82) is 0 Å². The van der Waals surface area contributed by atoms with Gasteiger partial charge in [-0.05, 0) is 32.0 Å². The molecule has 0 saturated heterocycles. The molecule has 3 aromatic rings. The summed E-state index contributed by atoms with van der Waals surface area (Å²) in [6.45, 7) is 3.96. The van der Waals surface area contributed by atoms with Gasteiger partial charge in [-0.1, -0.05) is 0 Å². The second-order valence-corrected chi connectivity index (χ2v) is 6.35. The van der Waals surface area contributed by atoms with Crippen molar-refractivity contribution in [3.8, 4) is 17.1 Å². The highest BCUT2D eigenvalue weighted by Crippen LogP contribution is 2.28. The quantitative estimate of drug-likeness (QED) is 0.728. The SMILES string of the molecule is COc1ccc(F)cc1Cc1nc(-c2c(C)nc(C)n2C)cs1. The molecule has 2 heterocycles. The molecular formula is C17H18FN3OS. The van der Waals surface area contributed by atoms with Crippen molar-refractivity contribution in [3.05, 3.63) is 51.5 Å². The van der Waals surface area contributed by atoms with Crippen LogP contribution in [0.4, 0.5) is 4.39 Å². The normalized spacial score (nSPS) is 11.0. The van der Waals surface area contributed by atoms with Gasteiger partial charge in [-0.25, -0.2) is 14.4 Å². The molecule has 0 aliphatic carbocycles. The van der Waals surface area contributed by atoms with Gasteiger partial charge in [0.2, 0.25) is 0 Å². The molecule has 120 valence electrons. The van der Waals surface area contributed by atoms with E-state index < -0.39 is 0 Å². The number of halogens is 1. The van der Waals surface area contributed by atoms with Crippen LogP contribution in [0.2, 0.25) is 0 Å². The summed E-state index contributed by atoms with van der Waals surface area (Å²) in [4.78, 5) is 9.17. The minimum atomic E-state index is -0.268. The first-order chi connectivity index (χ1) is 11.0. The summed E-state index contributed by atoms with van der Waals surface area (Å²) < 4.78 is 20.8. The number of aromatic nitrogens is 3. The van der Waals surface area contributed by atoms with Gasteiger partial charge in [-0.2, -0.15) is 0 Å². The van der Waals surface area contributed by atoms with E-state index in [1.54, 1.807) is 24.5 Å². The van der Waals surface area contributed by atoms with Crippen LogP contribution in [0.1, 0.15) is 22.1 Å². The second-order valence-electron chi connectivity index (χ2n) is 5.41. The van der Waals surface area contributed by atoms with Gasteiger partial charge in [0.15, 0.2) is 0 Å². The molecule has 6 heteroatoms. The predicted molar refractivity (Wildman–Crippen MR) is 89.5 cm³/mol. The van der Waals surface area contributed by atoms with Crippen molar-refractivity contribution in [1.82, 2.24) is 14.5 Å². The number of benzene rings is 1. The van der Waals surface area contributed by atoms with Crippen LogP contribution in [0.5, 0.6) is 5.75 Å². The fourth-order valence-corrected chi connectivity index (χ4v) is 3.48. The number of hydrogen-bond acceptors (Lipinski definition) is 4. The van der Waals surface area contributed by atoms with Gasteiger partial charge < -0.3 is 9.30 Å². The summed E-state index contributed by atoms with van der Waals surface area (Å²) in [5.74, 6) is 1.37. The van der Waals surface area contributed by atoms with Crippen molar-refractivity contribution in [2.45, 2.75) is 20.3 Å². The van der Waals surface area contributed by atoms with E-state index in [1.807, 2.05) is 30.8 Å². The van der Waals surface area contributed by atoms with E-state index in [0.717, 1.165) is 33.5 Å². The molecular weight excluding hydrogens is 313 g/mol. The molecule has 0 bridgehead atoms. The van der Waals surface area contributed by atoms with Crippen LogP contribution in [0, 0.1) is 19.7 Å². The van der Waals surface area contributed by atoms with E-state index in [1.165, 1.54) is 12.1 Å². The number of hydrogen-bond donors (Lipinski definition) is 0. The third-order valence-corrected chi connectivity index (χ3v) is 4.72. The lowest BCUT2D eigenvalue weighted by molar-refractivity contribution is 0.409. The Balaban J connectivity index is 1.93. The van der Waals surface area contributed by atoms with Gasteiger partial charge in [-0.3, -0.25) is 0 Å². The molecule has 0 radical (unpaired) electrons. The molecule has 3 rings (SSSR count). The minimum Gasteiger partial charge on any atom is -0.496 e. The van der Waals surface area contributed by atoms with Crippen LogP contribution in [0.3, 0.4) is 0 Å². The van der Waals surface area contributed by atoms with Crippen molar-refractivity contribution in [2.75, 3.05) is 7.11 Å². The monoisotopic (exact) mass is 331 g/mol.